The summed E-state index contributed by atoms with van der Waals surface area (Å²) in [5.74, 6) is -0.328. The lowest BCUT2D eigenvalue weighted by Crippen LogP contribution is -2.32. The number of hydrogen-bond donors (Lipinski definition) is 1. The fourth-order valence-electron chi connectivity index (χ4n) is 3.95. The Morgan fingerprint density at radius 3 is 2.70 bits per heavy atom. The van der Waals surface area contributed by atoms with E-state index in [1.807, 2.05) is 50.2 Å². The summed E-state index contributed by atoms with van der Waals surface area (Å²) < 4.78 is 3.15. The topological polar surface area (TPSA) is 81.3 Å². The van der Waals surface area contributed by atoms with E-state index in [1.165, 1.54) is 6.20 Å². The maximum absolute atomic E-state index is 13.6. The molecule has 1 N–H and O–H groups in total. The molecule has 1 amide bonds. The van der Waals surface area contributed by atoms with Crippen LogP contribution in [0.3, 0.4) is 0 Å². The van der Waals surface area contributed by atoms with E-state index in [1.54, 1.807) is 39.7 Å². The first-order chi connectivity index (χ1) is 15.9. The third kappa shape index (κ3) is 3.66. The maximum atomic E-state index is 13.6. The maximum Gasteiger partial charge on any atom is 0.264 e. The number of amides is 1. The number of halogens is 1. The van der Waals surface area contributed by atoms with Gasteiger partial charge in [0.15, 0.2) is 5.65 Å². The quantitative estimate of drug-likeness (QED) is 0.431. The zero-order chi connectivity index (χ0) is 23.1. The van der Waals surface area contributed by atoms with Crippen LogP contribution in [0.15, 0.2) is 78.0 Å². The minimum Gasteiger partial charge on any atom is -0.344 e. The summed E-state index contributed by atoms with van der Waals surface area (Å²) in [5.41, 5.74) is 2.99. The fraction of sp³-hybridized carbons (Fsp3) is 0.120. The first kappa shape index (κ1) is 20.9. The Hall–Kier alpha value is -3.97. The van der Waals surface area contributed by atoms with Crippen LogP contribution in [0.4, 0.5) is 0 Å². The van der Waals surface area contributed by atoms with Gasteiger partial charge in [0, 0.05) is 23.8 Å². The molecular weight excluding hydrogens is 438 g/mol. The van der Waals surface area contributed by atoms with Gasteiger partial charge in [0.05, 0.1) is 22.6 Å². The van der Waals surface area contributed by atoms with Crippen molar-refractivity contribution >= 4 is 33.9 Å². The van der Waals surface area contributed by atoms with E-state index in [0.29, 0.717) is 38.4 Å². The van der Waals surface area contributed by atoms with Crippen molar-refractivity contribution in [2.24, 2.45) is 0 Å². The van der Waals surface area contributed by atoms with Crippen molar-refractivity contribution in [3.8, 4) is 5.69 Å². The van der Waals surface area contributed by atoms with E-state index in [9.17, 15) is 9.59 Å². The van der Waals surface area contributed by atoms with E-state index in [0.717, 1.165) is 5.56 Å². The van der Waals surface area contributed by atoms with Gasteiger partial charge in [-0.05, 0) is 49.6 Å². The van der Waals surface area contributed by atoms with Crippen molar-refractivity contribution in [3.63, 3.8) is 0 Å². The molecular formula is C25H20ClN5O2. The molecule has 0 radical (unpaired) electrons. The second kappa shape index (κ2) is 8.18. The molecule has 0 fully saturated rings. The number of aromatic nitrogens is 4. The van der Waals surface area contributed by atoms with E-state index in [-0.39, 0.29) is 11.5 Å². The summed E-state index contributed by atoms with van der Waals surface area (Å²) in [4.78, 5) is 30.9. The molecule has 1 atom stereocenters. The van der Waals surface area contributed by atoms with Crippen LogP contribution in [-0.2, 0) is 0 Å². The van der Waals surface area contributed by atoms with Gasteiger partial charge in [0.2, 0.25) is 0 Å². The van der Waals surface area contributed by atoms with Crippen molar-refractivity contribution in [2.45, 2.75) is 19.9 Å². The van der Waals surface area contributed by atoms with Crippen LogP contribution in [0.2, 0.25) is 5.02 Å². The number of hydrogen-bond acceptors (Lipinski definition) is 4. The summed E-state index contributed by atoms with van der Waals surface area (Å²) >= 11 is 6.39. The molecule has 2 aromatic carbocycles. The van der Waals surface area contributed by atoms with Crippen molar-refractivity contribution in [2.75, 3.05) is 0 Å². The van der Waals surface area contributed by atoms with Crippen LogP contribution in [0, 0.1) is 6.92 Å². The standard InChI is InChI=1S/C25H20ClN5O2/c1-15-7-9-18(10-8-15)31-21(13-17-5-3-6-20(26)22(17)25(31)33)16(2)29-24(32)19-14-28-30-12-4-11-27-23(19)30/h3-14,16H,1-2H3,(H,29,32)/t16-/m0/s1. The molecule has 0 aliphatic rings. The number of rotatable bonds is 4. The highest BCUT2D eigenvalue weighted by atomic mass is 35.5. The van der Waals surface area contributed by atoms with Crippen molar-refractivity contribution < 1.29 is 4.79 Å². The predicted octanol–water partition coefficient (Wildman–Crippen LogP) is 4.49. The average Bonchev–Trinajstić information content (AvgIpc) is 3.24. The van der Waals surface area contributed by atoms with E-state index in [2.05, 4.69) is 15.4 Å². The summed E-state index contributed by atoms with van der Waals surface area (Å²) in [5, 5.41) is 8.71. The number of fused-ring (bicyclic) bond motifs is 2. The number of aryl methyl sites for hydroxylation is 1. The van der Waals surface area contributed by atoms with Crippen LogP contribution in [0.1, 0.15) is 34.6 Å². The first-order valence-electron chi connectivity index (χ1n) is 10.4. The van der Waals surface area contributed by atoms with E-state index < -0.39 is 6.04 Å². The summed E-state index contributed by atoms with van der Waals surface area (Å²) in [6.45, 7) is 3.82. The lowest BCUT2D eigenvalue weighted by Gasteiger charge is -2.21. The Balaban J connectivity index is 1.63. The van der Waals surface area contributed by atoms with E-state index >= 15 is 0 Å². The highest BCUT2D eigenvalue weighted by Crippen LogP contribution is 2.26. The zero-order valence-electron chi connectivity index (χ0n) is 18.0. The molecule has 0 saturated carbocycles. The van der Waals surface area contributed by atoms with Gasteiger partial charge >= 0.3 is 0 Å². The second-order valence-corrected chi connectivity index (χ2v) is 8.30. The second-order valence-electron chi connectivity index (χ2n) is 7.89. The third-order valence-corrected chi connectivity index (χ3v) is 5.95. The first-order valence-corrected chi connectivity index (χ1v) is 10.8. The molecule has 33 heavy (non-hydrogen) atoms. The molecule has 0 aliphatic carbocycles. The summed E-state index contributed by atoms with van der Waals surface area (Å²) in [6.07, 6.45) is 4.82. The van der Waals surface area contributed by atoms with Gasteiger partial charge in [-0.15, -0.1) is 0 Å². The van der Waals surface area contributed by atoms with Gasteiger partial charge in [-0.3, -0.25) is 14.2 Å². The molecule has 8 heteroatoms. The number of nitrogens with one attached hydrogen (secondary N) is 1. The molecule has 0 bridgehead atoms. The number of carbonyl (C=O) groups excluding carboxylic acids is 1. The lowest BCUT2D eigenvalue weighted by atomic mass is 10.1. The summed E-state index contributed by atoms with van der Waals surface area (Å²) in [7, 11) is 0. The highest BCUT2D eigenvalue weighted by Gasteiger charge is 2.21. The Morgan fingerprint density at radius 2 is 1.91 bits per heavy atom. The predicted molar refractivity (Wildman–Crippen MR) is 128 cm³/mol. The molecule has 0 saturated heterocycles. The lowest BCUT2D eigenvalue weighted by molar-refractivity contribution is 0.0940. The zero-order valence-corrected chi connectivity index (χ0v) is 18.7. The molecule has 7 nitrogen and oxygen atoms in total. The Kier molecular flexibility index (Phi) is 5.18. The molecule has 164 valence electrons. The molecule has 0 spiro atoms. The Labute approximate surface area is 194 Å². The monoisotopic (exact) mass is 457 g/mol. The van der Waals surface area contributed by atoms with Gasteiger partial charge in [-0.1, -0.05) is 41.4 Å². The van der Waals surface area contributed by atoms with Gasteiger partial charge in [0.1, 0.15) is 5.56 Å². The van der Waals surface area contributed by atoms with Gasteiger partial charge in [-0.25, -0.2) is 9.50 Å². The number of nitrogens with zero attached hydrogens (tertiary/aromatic N) is 4. The van der Waals surface area contributed by atoms with Crippen LogP contribution < -0.4 is 10.9 Å². The van der Waals surface area contributed by atoms with Crippen LogP contribution in [0.25, 0.3) is 22.1 Å². The van der Waals surface area contributed by atoms with Gasteiger partial charge in [0.25, 0.3) is 11.5 Å². The summed E-state index contributed by atoms with van der Waals surface area (Å²) in [6, 6.07) is 16.1. The van der Waals surface area contributed by atoms with Crippen molar-refractivity contribution in [1.82, 2.24) is 24.5 Å². The third-order valence-electron chi connectivity index (χ3n) is 5.63. The number of benzene rings is 2. The average molecular weight is 458 g/mol. The smallest absolute Gasteiger partial charge is 0.264 e. The normalized spacial score (nSPS) is 12.2. The fourth-order valence-corrected chi connectivity index (χ4v) is 4.22. The van der Waals surface area contributed by atoms with Crippen molar-refractivity contribution in [3.05, 3.63) is 105 Å². The molecule has 0 aliphatic heterocycles. The molecule has 5 rings (SSSR count). The number of carbonyl (C=O) groups is 1. The molecule has 3 aromatic heterocycles. The minimum absolute atomic E-state index is 0.240. The molecule has 0 unspecified atom stereocenters. The van der Waals surface area contributed by atoms with E-state index in [4.69, 9.17) is 11.6 Å². The van der Waals surface area contributed by atoms with Crippen LogP contribution in [0.5, 0.6) is 0 Å². The minimum atomic E-state index is -0.492. The van der Waals surface area contributed by atoms with Crippen LogP contribution >= 0.6 is 11.6 Å². The SMILES string of the molecule is Cc1ccc(-n2c([C@H](C)NC(=O)c3cnn4cccnc34)cc3cccc(Cl)c3c2=O)cc1. The van der Waals surface area contributed by atoms with Crippen molar-refractivity contribution in [1.29, 1.82) is 0 Å². The van der Waals surface area contributed by atoms with Crippen LogP contribution in [-0.4, -0.2) is 25.1 Å². The number of pyridine rings is 1. The molecule has 3 heterocycles. The highest BCUT2D eigenvalue weighted by molar-refractivity contribution is 6.35. The van der Waals surface area contributed by atoms with Gasteiger partial charge < -0.3 is 5.32 Å². The Bertz CT molecular complexity index is 1570. The largest absolute Gasteiger partial charge is 0.344 e. The Morgan fingerprint density at radius 1 is 1.12 bits per heavy atom. The van der Waals surface area contributed by atoms with Gasteiger partial charge in [-0.2, -0.15) is 5.10 Å². The molecule has 5 aromatic rings.